The minimum absolute atomic E-state index is 0.0178. The molecule has 1 heterocycles. The predicted molar refractivity (Wildman–Crippen MR) is 104 cm³/mol. The molecule has 27 heavy (non-hydrogen) atoms. The first-order valence-electron chi connectivity index (χ1n) is 9.43. The Labute approximate surface area is 165 Å². The number of carbonyl (C=O) groups excluding carboxylic acids is 1. The topological polar surface area (TPSA) is 86.7 Å². The minimum atomic E-state index is -3.85. The highest BCUT2D eigenvalue weighted by Gasteiger charge is 2.50. The zero-order valence-electron chi connectivity index (χ0n) is 15.7. The van der Waals surface area contributed by atoms with Gasteiger partial charge in [-0.2, -0.15) is 4.31 Å². The summed E-state index contributed by atoms with van der Waals surface area (Å²) in [7, 11) is -3.85. The van der Waals surface area contributed by atoms with Crippen LogP contribution in [0.25, 0.3) is 0 Å². The van der Waals surface area contributed by atoms with Crippen molar-refractivity contribution in [2.75, 3.05) is 6.54 Å². The summed E-state index contributed by atoms with van der Waals surface area (Å²) < 4.78 is 28.0. The smallest absolute Gasteiger partial charge is 0.244 e. The molecule has 1 saturated heterocycles. The van der Waals surface area contributed by atoms with Crippen molar-refractivity contribution in [3.63, 3.8) is 0 Å². The van der Waals surface area contributed by atoms with Gasteiger partial charge in [-0.25, -0.2) is 8.42 Å². The quantitative estimate of drug-likeness (QED) is 0.792. The Morgan fingerprint density at radius 1 is 1.30 bits per heavy atom. The third-order valence-electron chi connectivity index (χ3n) is 5.88. The number of carbonyl (C=O) groups is 1. The summed E-state index contributed by atoms with van der Waals surface area (Å²) in [6.45, 7) is 3.68. The van der Waals surface area contributed by atoms with Crippen molar-refractivity contribution in [3.05, 3.63) is 28.8 Å². The van der Waals surface area contributed by atoms with Gasteiger partial charge in [0.1, 0.15) is 5.54 Å². The molecule has 1 saturated carbocycles. The van der Waals surface area contributed by atoms with E-state index in [9.17, 15) is 18.3 Å². The van der Waals surface area contributed by atoms with E-state index < -0.39 is 15.6 Å². The van der Waals surface area contributed by atoms with Gasteiger partial charge in [0.05, 0.1) is 11.0 Å². The molecule has 2 N–H and O–H groups in total. The van der Waals surface area contributed by atoms with Crippen molar-refractivity contribution in [1.29, 1.82) is 0 Å². The molecule has 2 aliphatic rings. The van der Waals surface area contributed by atoms with Gasteiger partial charge in [-0.15, -0.1) is 0 Å². The molecule has 0 bridgehead atoms. The van der Waals surface area contributed by atoms with Crippen molar-refractivity contribution in [1.82, 2.24) is 9.62 Å². The highest BCUT2D eigenvalue weighted by molar-refractivity contribution is 7.89. The van der Waals surface area contributed by atoms with Crippen LogP contribution < -0.4 is 5.32 Å². The van der Waals surface area contributed by atoms with E-state index in [0.717, 1.165) is 0 Å². The summed E-state index contributed by atoms with van der Waals surface area (Å²) in [4.78, 5) is 13.2. The first-order chi connectivity index (χ1) is 12.7. The van der Waals surface area contributed by atoms with Crippen molar-refractivity contribution in [2.45, 2.75) is 75.0 Å². The number of sulfonamides is 1. The molecule has 0 aromatic heterocycles. The fourth-order valence-corrected chi connectivity index (χ4v) is 6.39. The van der Waals surface area contributed by atoms with Gasteiger partial charge in [0.2, 0.25) is 15.9 Å². The van der Waals surface area contributed by atoms with E-state index in [1.807, 2.05) is 0 Å². The Morgan fingerprint density at radius 3 is 2.63 bits per heavy atom. The molecule has 2 fully saturated rings. The molecule has 6 nitrogen and oxygen atoms in total. The second kappa shape index (κ2) is 7.70. The monoisotopic (exact) mass is 414 g/mol. The number of benzene rings is 1. The maximum absolute atomic E-state index is 13.3. The molecule has 1 aliphatic heterocycles. The molecule has 1 amide bonds. The van der Waals surface area contributed by atoms with Crippen LogP contribution in [0.1, 0.15) is 51.0 Å². The maximum Gasteiger partial charge on any atom is 0.244 e. The number of halogens is 1. The van der Waals surface area contributed by atoms with Crippen molar-refractivity contribution in [2.24, 2.45) is 0 Å². The van der Waals surface area contributed by atoms with Gasteiger partial charge in [-0.3, -0.25) is 4.79 Å². The third-order valence-corrected chi connectivity index (χ3v) is 8.46. The van der Waals surface area contributed by atoms with E-state index in [4.69, 9.17) is 11.6 Å². The van der Waals surface area contributed by atoms with Crippen LogP contribution in [0.3, 0.4) is 0 Å². The van der Waals surface area contributed by atoms with E-state index in [1.54, 1.807) is 26.0 Å². The van der Waals surface area contributed by atoms with Crippen LogP contribution in [0.4, 0.5) is 0 Å². The van der Waals surface area contributed by atoms with Crippen molar-refractivity contribution >= 4 is 27.5 Å². The molecule has 0 unspecified atom stereocenters. The van der Waals surface area contributed by atoms with Crippen molar-refractivity contribution in [3.8, 4) is 0 Å². The van der Waals surface area contributed by atoms with E-state index in [2.05, 4.69) is 5.32 Å². The van der Waals surface area contributed by atoms with Gasteiger partial charge in [-0.1, -0.05) is 17.7 Å². The second-order valence-electron chi connectivity index (χ2n) is 7.80. The predicted octanol–water partition coefficient (Wildman–Crippen LogP) is 2.61. The molecule has 1 atom stereocenters. The van der Waals surface area contributed by atoms with Crippen LogP contribution in [-0.2, 0) is 14.8 Å². The van der Waals surface area contributed by atoms with Crippen LogP contribution >= 0.6 is 11.6 Å². The lowest BCUT2D eigenvalue weighted by molar-refractivity contribution is -0.130. The van der Waals surface area contributed by atoms with E-state index in [1.165, 1.54) is 10.4 Å². The number of hydrogen-bond acceptors (Lipinski definition) is 4. The number of nitrogens with one attached hydrogen (secondary N) is 1. The zero-order valence-corrected chi connectivity index (χ0v) is 17.3. The normalized spacial score (nSPS) is 29.6. The lowest BCUT2D eigenvalue weighted by Gasteiger charge is -2.36. The average Bonchev–Trinajstić information content (AvgIpc) is 3.03. The van der Waals surface area contributed by atoms with E-state index in [-0.39, 0.29) is 22.9 Å². The molecule has 1 aromatic carbocycles. The van der Waals surface area contributed by atoms with Crippen molar-refractivity contribution < 1.29 is 18.3 Å². The Balaban J connectivity index is 1.84. The molecule has 1 aromatic rings. The first-order valence-corrected chi connectivity index (χ1v) is 11.2. The lowest BCUT2D eigenvalue weighted by Crippen LogP contribution is -2.57. The largest absolute Gasteiger partial charge is 0.393 e. The first kappa shape index (κ1) is 20.6. The van der Waals surface area contributed by atoms with Gasteiger partial charge in [0, 0.05) is 17.6 Å². The standard InChI is InChI=1S/C19H27ClN2O4S/c1-13-16(20)5-3-6-17(13)27(25,26)22-12-4-11-19(22,2)18(24)21-14-7-9-15(23)10-8-14/h3,5-6,14-15,23H,4,7-12H2,1-2H3,(H,21,24)/t14?,15?,19-/m0/s1. The summed E-state index contributed by atoms with van der Waals surface area (Å²) in [6, 6.07) is 4.79. The molecule has 8 heteroatoms. The Bertz CT molecular complexity index is 821. The number of aliphatic hydroxyl groups excluding tert-OH is 1. The molecular formula is C19H27ClN2O4S. The number of rotatable bonds is 4. The third kappa shape index (κ3) is 3.88. The van der Waals surface area contributed by atoms with Gasteiger partial charge in [0.25, 0.3) is 0 Å². The highest BCUT2D eigenvalue weighted by atomic mass is 35.5. The zero-order chi connectivity index (χ0) is 19.8. The maximum atomic E-state index is 13.3. The molecular weight excluding hydrogens is 388 g/mol. The number of hydrogen-bond donors (Lipinski definition) is 2. The molecule has 150 valence electrons. The van der Waals surface area contributed by atoms with Gasteiger partial charge in [0.15, 0.2) is 0 Å². The number of nitrogens with zero attached hydrogens (tertiary/aromatic N) is 1. The van der Waals surface area contributed by atoms with Gasteiger partial charge in [-0.05, 0) is 70.1 Å². The number of amides is 1. The molecule has 3 rings (SSSR count). The lowest BCUT2D eigenvalue weighted by atomic mass is 9.91. The average molecular weight is 415 g/mol. The fraction of sp³-hybridized carbons (Fsp3) is 0.632. The fourth-order valence-electron chi connectivity index (χ4n) is 4.10. The summed E-state index contributed by atoms with van der Waals surface area (Å²) in [5, 5.41) is 13.0. The Morgan fingerprint density at radius 2 is 1.96 bits per heavy atom. The summed E-state index contributed by atoms with van der Waals surface area (Å²) in [6.07, 6.45) is 3.55. The van der Waals surface area contributed by atoms with Crippen LogP contribution in [0.15, 0.2) is 23.1 Å². The van der Waals surface area contributed by atoms with E-state index >= 15 is 0 Å². The highest BCUT2D eigenvalue weighted by Crippen LogP contribution is 2.37. The minimum Gasteiger partial charge on any atom is -0.393 e. The Hall–Kier alpha value is -1.15. The van der Waals surface area contributed by atoms with E-state index in [0.29, 0.717) is 55.7 Å². The SMILES string of the molecule is Cc1c(Cl)cccc1S(=O)(=O)N1CCC[C@@]1(C)C(=O)NC1CCC(O)CC1. The van der Waals surface area contributed by atoms with Gasteiger partial charge < -0.3 is 10.4 Å². The summed E-state index contributed by atoms with van der Waals surface area (Å²) >= 11 is 6.12. The van der Waals surface area contributed by atoms with Crippen LogP contribution in [-0.4, -0.2) is 48.0 Å². The summed E-state index contributed by atoms with van der Waals surface area (Å²) in [5.41, 5.74) is -0.626. The van der Waals surface area contributed by atoms with Crippen LogP contribution in [0.2, 0.25) is 5.02 Å². The summed E-state index contributed by atoms with van der Waals surface area (Å²) in [5.74, 6) is -0.260. The second-order valence-corrected chi connectivity index (χ2v) is 10.0. The molecule has 1 aliphatic carbocycles. The molecule has 0 radical (unpaired) electrons. The number of aliphatic hydroxyl groups is 1. The molecule has 0 spiro atoms. The van der Waals surface area contributed by atoms with Crippen LogP contribution in [0, 0.1) is 6.92 Å². The Kier molecular flexibility index (Phi) is 5.87. The van der Waals surface area contributed by atoms with Gasteiger partial charge >= 0.3 is 0 Å². The van der Waals surface area contributed by atoms with Crippen LogP contribution in [0.5, 0.6) is 0 Å².